The molecule has 0 spiro atoms. The molecule has 0 saturated carbocycles. The highest BCUT2D eigenvalue weighted by atomic mass is 16.7. The fourth-order valence-corrected chi connectivity index (χ4v) is 2.79. The lowest BCUT2D eigenvalue weighted by atomic mass is 9.99. The Labute approximate surface area is 141 Å². The lowest BCUT2D eigenvalue weighted by Crippen LogP contribution is -2.05. The fraction of sp³-hybridized carbons (Fsp3) is 0.350. The molecular formula is C20H20O4. The zero-order chi connectivity index (χ0) is 16.9. The van der Waals surface area contributed by atoms with Gasteiger partial charge in [0.15, 0.2) is 12.2 Å². The first-order valence-electron chi connectivity index (χ1n) is 8.08. The highest BCUT2D eigenvalue weighted by Gasteiger charge is 2.10. The Morgan fingerprint density at radius 2 is 2.08 bits per heavy atom. The van der Waals surface area contributed by atoms with Crippen LogP contribution in [0.25, 0.3) is 11.0 Å². The molecule has 2 aromatic rings. The van der Waals surface area contributed by atoms with E-state index in [0.29, 0.717) is 28.0 Å². The molecule has 0 bridgehead atoms. The molecule has 0 fully saturated rings. The van der Waals surface area contributed by atoms with Gasteiger partial charge in [0.25, 0.3) is 0 Å². The van der Waals surface area contributed by atoms with E-state index in [1.165, 1.54) is 18.9 Å². The molecule has 3 rings (SSSR count). The summed E-state index contributed by atoms with van der Waals surface area (Å²) in [5.74, 6) is 7.46. The second-order valence-electron chi connectivity index (χ2n) is 5.84. The average molecular weight is 324 g/mol. The number of aryl methyl sites for hydroxylation is 1. The first kappa shape index (κ1) is 16.4. The van der Waals surface area contributed by atoms with Crippen LogP contribution in [0.3, 0.4) is 0 Å². The van der Waals surface area contributed by atoms with Crippen LogP contribution in [0.15, 0.2) is 39.1 Å². The molecule has 1 aliphatic rings. The summed E-state index contributed by atoms with van der Waals surface area (Å²) in [6.45, 7) is 1.88. The van der Waals surface area contributed by atoms with E-state index in [2.05, 4.69) is 17.9 Å². The van der Waals surface area contributed by atoms with Crippen molar-refractivity contribution in [3.05, 3.63) is 51.4 Å². The third kappa shape index (κ3) is 3.69. The number of allylic oxidation sites excluding steroid dienone is 2. The first-order valence-corrected chi connectivity index (χ1v) is 8.08. The van der Waals surface area contributed by atoms with E-state index in [9.17, 15) is 4.79 Å². The molecule has 124 valence electrons. The van der Waals surface area contributed by atoms with Crippen molar-refractivity contribution in [3.8, 4) is 17.6 Å². The second kappa shape index (κ2) is 7.37. The molecule has 24 heavy (non-hydrogen) atoms. The zero-order valence-corrected chi connectivity index (χ0v) is 14.0. The minimum absolute atomic E-state index is 0.0889. The summed E-state index contributed by atoms with van der Waals surface area (Å²) in [5.41, 5.74) is 2.15. The maximum atomic E-state index is 12.4. The van der Waals surface area contributed by atoms with Crippen molar-refractivity contribution >= 4 is 11.0 Å². The van der Waals surface area contributed by atoms with Crippen molar-refractivity contribution < 1.29 is 13.9 Å². The topological polar surface area (TPSA) is 48.7 Å². The van der Waals surface area contributed by atoms with Gasteiger partial charge in [0.2, 0.25) is 0 Å². The van der Waals surface area contributed by atoms with Crippen LogP contribution in [0, 0.1) is 18.8 Å². The molecule has 0 aliphatic heterocycles. The van der Waals surface area contributed by atoms with E-state index in [-0.39, 0.29) is 12.2 Å². The summed E-state index contributed by atoms with van der Waals surface area (Å²) >= 11 is 0. The Kier molecular flexibility index (Phi) is 5.02. The third-order valence-corrected chi connectivity index (χ3v) is 3.92. The Bertz CT molecular complexity index is 893. The predicted octanol–water partition coefficient (Wildman–Crippen LogP) is 3.94. The minimum Gasteiger partial charge on any atom is -0.467 e. The fourth-order valence-electron chi connectivity index (χ4n) is 2.79. The van der Waals surface area contributed by atoms with Gasteiger partial charge in [-0.15, -0.1) is 0 Å². The molecule has 4 heteroatoms. The summed E-state index contributed by atoms with van der Waals surface area (Å²) in [4.78, 5) is 12.4. The molecule has 0 N–H and O–H groups in total. The SMILES string of the molecule is COCOc1cc(C#CC2=CCCCC2)c2c(=O)cc(C)oc2c1. The van der Waals surface area contributed by atoms with E-state index >= 15 is 0 Å². The van der Waals surface area contributed by atoms with Crippen LogP contribution in [0.5, 0.6) is 5.75 Å². The van der Waals surface area contributed by atoms with E-state index < -0.39 is 0 Å². The summed E-state index contributed by atoms with van der Waals surface area (Å²) in [6.07, 6.45) is 6.63. The Hall–Kier alpha value is -2.51. The molecule has 1 aromatic carbocycles. The van der Waals surface area contributed by atoms with Gasteiger partial charge in [-0.05, 0) is 44.2 Å². The van der Waals surface area contributed by atoms with Gasteiger partial charge in [-0.1, -0.05) is 17.9 Å². The van der Waals surface area contributed by atoms with Crippen LogP contribution in [0.2, 0.25) is 0 Å². The van der Waals surface area contributed by atoms with Gasteiger partial charge in [0.05, 0.1) is 5.39 Å². The number of hydrogen-bond donors (Lipinski definition) is 0. The monoisotopic (exact) mass is 324 g/mol. The summed E-state index contributed by atoms with van der Waals surface area (Å²) < 4.78 is 16.1. The van der Waals surface area contributed by atoms with Crippen molar-refractivity contribution in [2.24, 2.45) is 0 Å². The Balaban J connectivity index is 2.11. The average Bonchev–Trinajstić information content (AvgIpc) is 2.58. The van der Waals surface area contributed by atoms with Crippen molar-refractivity contribution in [3.63, 3.8) is 0 Å². The van der Waals surface area contributed by atoms with Gasteiger partial charge >= 0.3 is 0 Å². The lowest BCUT2D eigenvalue weighted by Gasteiger charge is -2.08. The largest absolute Gasteiger partial charge is 0.467 e. The standard InChI is InChI=1S/C20H20O4/c1-14-10-18(21)20-16(9-8-15-6-4-3-5-7-15)11-17(23-13-22-2)12-19(20)24-14/h6,10-12H,3-5,7,13H2,1-2H3. The van der Waals surface area contributed by atoms with Crippen molar-refractivity contribution in [2.45, 2.75) is 32.6 Å². The van der Waals surface area contributed by atoms with Gasteiger partial charge in [-0.2, -0.15) is 0 Å². The van der Waals surface area contributed by atoms with Crippen LogP contribution in [-0.4, -0.2) is 13.9 Å². The maximum Gasteiger partial charge on any atom is 0.194 e. The van der Waals surface area contributed by atoms with Crippen LogP contribution < -0.4 is 10.2 Å². The van der Waals surface area contributed by atoms with E-state index in [1.807, 2.05) is 0 Å². The third-order valence-electron chi connectivity index (χ3n) is 3.92. The highest BCUT2D eigenvalue weighted by Crippen LogP contribution is 2.24. The quantitative estimate of drug-likeness (QED) is 0.634. The van der Waals surface area contributed by atoms with Gasteiger partial charge < -0.3 is 13.9 Å². The van der Waals surface area contributed by atoms with Crippen molar-refractivity contribution in [1.82, 2.24) is 0 Å². The van der Waals surface area contributed by atoms with Gasteiger partial charge in [0.1, 0.15) is 17.1 Å². The number of benzene rings is 1. The smallest absolute Gasteiger partial charge is 0.194 e. The summed E-state index contributed by atoms with van der Waals surface area (Å²) in [7, 11) is 1.56. The van der Waals surface area contributed by atoms with Gasteiger partial charge in [0, 0.05) is 24.8 Å². The van der Waals surface area contributed by atoms with Crippen LogP contribution >= 0.6 is 0 Å². The van der Waals surface area contributed by atoms with Crippen LogP contribution in [0.1, 0.15) is 37.0 Å². The molecule has 1 aromatic heterocycles. The van der Waals surface area contributed by atoms with E-state index in [0.717, 1.165) is 18.4 Å². The molecule has 0 atom stereocenters. The molecule has 4 nitrogen and oxygen atoms in total. The molecule has 1 aliphatic carbocycles. The molecular weight excluding hydrogens is 304 g/mol. The minimum atomic E-state index is -0.0889. The number of fused-ring (bicyclic) bond motifs is 1. The Morgan fingerprint density at radius 1 is 1.21 bits per heavy atom. The lowest BCUT2D eigenvalue weighted by molar-refractivity contribution is 0.0511. The normalized spacial score (nSPS) is 14.0. The van der Waals surface area contributed by atoms with E-state index in [1.54, 1.807) is 26.2 Å². The molecule has 0 amide bonds. The number of ether oxygens (including phenoxy) is 2. The molecule has 1 heterocycles. The second-order valence-corrected chi connectivity index (χ2v) is 5.84. The number of hydrogen-bond acceptors (Lipinski definition) is 4. The Morgan fingerprint density at radius 3 is 2.83 bits per heavy atom. The first-order chi connectivity index (χ1) is 11.7. The maximum absolute atomic E-state index is 12.4. The number of rotatable bonds is 3. The van der Waals surface area contributed by atoms with Crippen molar-refractivity contribution in [1.29, 1.82) is 0 Å². The highest BCUT2D eigenvalue weighted by molar-refractivity contribution is 5.85. The summed E-state index contributed by atoms with van der Waals surface area (Å²) in [5, 5.41) is 0.495. The molecule has 0 unspecified atom stereocenters. The number of methoxy groups -OCH3 is 1. The van der Waals surface area contributed by atoms with Gasteiger partial charge in [-0.3, -0.25) is 4.79 Å². The molecule has 0 saturated heterocycles. The van der Waals surface area contributed by atoms with Crippen LogP contribution in [-0.2, 0) is 4.74 Å². The van der Waals surface area contributed by atoms with Crippen LogP contribution in [0.4, 0.5) is 0 Å². The zero-order valence-electron chi connectivity index (χ0n) is 14.0. The van der Waals surface area contributed by atoms with Gasteiger partial charge in [-0.25, -0.2) is 0 Å². The summed E-state index contributed by atoms with van der Waals surface area (Å²) in [6, 6.07) is 4.96. The molecule has 0 radical (unpaired) electrons. The van der Waals surface area contributed by atoms with E-state index in [4.69, 9.17) is 13.9 Å². The van der Waals surface area contributed by atoms with Crippen molar-refractivity contribution in [2.75, 3.05) is 13.9 Å². The predicted molar refractivity (Wildman–Crippen MR) is 93.2 cm³/mol.